The molecule has 8 heteroatoms. The molecule has 1 aliphatic heterocycles. The molecule has 0 aromatic carbocycles. The van der Waals surface area contributed by atoms with Crippen LogP contribution in [0.1, 0.15) is 97.8 Å². The Labute approximate surface area is 190 Å². The van der Waals surface area contributed by atoms with Crippen molar-refractivity contribution in [1.29, 1.82) is 0 Å². The third-order valence-electron chi connectivity index (χ3n) is 6.89. The molecule has 3 rings (SSSR count). The first kappa shape index (κ1) is 24.5. The average Bonchev–Trinajstić information content (AvgIpc) is 3.05. The van der Waals surface area contributed by atoms with Gasteiger partial charge in [-0.2, -0.15) is 0 Å². The van der Waals surface area contributed by atoms with Gasteiger partial charge in [0.2, 0.25) is 0 Å². The first-order valence-corrected chi connectivity index (χ1v) is 12.2. The Kier molecular flexibility index (Phi) is 8.17. The van der Waals surface area contributed by atoms with E-state index in [0.717, 1.165) is 51.4 Å². The van der Waals surface area contributed by atoms with Crippen LogP contribution in [0.4, 0.5) is 4.79 Å². The lowest BCUT2D eigenvalue weighted by Crippen LogP contribution is -2.54. The Morgan fingerprint density at radius 2 is 1.34 bits per heavy atom. The number of hydrogen-bond donors (Lipinski definition) is 1. The second kappa shape index (κ2) is 10.7. The lowest BCUT2D eigenvalue weighted by molar-refractivity contribution is -0.200. The van der Waals surface area contributed by atoms with E-state index >= 15 is 0 Å². The van der Waals surface area contributed by atoms with E-state index in [-0.39, 0.29) is 30.6 Å². The molecule has 3 amide bonds. The van der Waals surface area contributed by atoms with Crippen molar-refractivity contribution in [3.8, 4) is 0 Å². The monoisotopic (exact) mass is 450 g/mol. The van der Waals surface area contributed by atoms with Crippen LogP contribution in [-0.4, -0.2) is 40.6 Å². The van der Waals surface area contributed by atoms with Gasteiger partial charge in [-0.25, -0.2) is 9.59 Å². The molecule has 2 saturated carbocycles. The number of hydroxylamine groups is 2. The van der Waals surface area contributed by atoms with Gasteiger partial charge in [0.15, 0.2) is 0 Å². The van der Waals surface area contributed by atoms with Gasteiger partial charge in [0, 0.05) is 12.8 Å². The van der Waals surface area contributed by atoms with Crippen LogP contribution in [0.15, 0.2) is 0 Å². The van der Waals surface area contributed by atoms with Crippen molar-refractivity contribution in [1.82, 2.24) is 10.4 Å². The van der Waals surface area contributed by atoms with Crippen molar-refractivity contribution in [2.24, 2.45) is 17.8 Å². The van der Waals surface area contributed by atoms with E-state index in [1.807, 2.05) is 0 Å². The molecular weight excluding hydrogens is 412 g/mol. The number of amides is 3. The van der Waals surface area contributed by atoms with Crippen molar-refractivity contribution < 1.29 is 28.8 Å². The van der Waals surface area contributed by atoms with Gasteiger partial charge in [0.25, 0.3) is 11.8 Å². The van der Waals surface area contributed by atoms with Crippen molar-refractivity contribution >= 4 is 23.9 Å². The molecule has 1 heterocycles. The average molecular weight is 451 g/mol. The number of nitrogens with one attached hydrogen (secondary N) is 1. The highest BCUT2D eigenvalue weighted by Crippen LogP contribution is 2.42. The smallest absolute Gasteiger partial charge is 0.408 e. The minimum atomic E-state index is -0.961. The summed E-state index contributed by atoms with van der Waals surface area (Å²) in [6.07, 6.45) is 10.2. The van der Waals surface area contributed by atoms with E-state index in [0.29, 0.717) is 5.06 Å². The maximum Gasteiger partial charge on any atom is 0.408 e. The molecule has 3 fully saturated rings. The van der Waals surface area contributed by atoms with Crippen molar-refractivity contribution in [3.63, 3.8) is 0 Å². The standard InChI is InChI=1S/C24H38N2O6/c1-24(2,3)31-23(30)25-21(22(29)32-26-18(27)14-15-19(26)28)20(16-10-6-4-7-11-16)17-12-8-5-9-13-17/h16-17,20-21H,4-15H2,1-3H3,(H,25,30)/t21-/m0/s1. The Bertz CT molecular complexity index is 670. The van der Waals surface area contributed by atoms with Crippen LogP contribution >= 0.6 is 0 Å². The van der Waals surface area contributed by atoms with Gasteiger partial charge < -0.3 is 14.9 Å². The molecule has 2 aliphatic carbocycles. The number of hydrogen-bond acceptors (Lipinski definition) is 6. The summed E-state index contributed by atoms with van der Waals surface area (Å²) in [6, 6.07) is -0.961. The zero-order chi connectivity index (χ0) is 23.3. The molecular formula is C24H38N2O6. The minimum Gasteiger partial charge on any atom is -0.444 e. The maximum atomic E-state index is 13.4. The second-order valence-corrected chi connectivity index (χ2v) is 10.5. The van der Waals surface area contributed by atoms with Crippen molar-refractivity contribution in [2.45, 2.75) is 109 Å². The third-order valence-corrected chi connectivity index (χ3v) is 6.89. The van der Waals surface area contributed by atoms with E-state index in [1.54, 1.807) is 20.8 Å². The van der Waals surface area contributed by atoms with E-state index in [4.69, 9.17) is 9.57 Å². The summed E-state index contributed by atoms with van der Waals surface area (Å²) >= 11 is 0. The Morgan fingerprint density at radius 3 is 1.78 bits per heavy atom. The zero-order valence-electron chi connectivity index (χ0n) is 19.7. The number of rotatable bonds is 6. The summed E-state index contributed by atoms with van der Waals surface area (Å²) in [6.45, 7) is 5.30. The van der Waals surface area contributed by atoms with E-state index in [2.05, 4.69) is 5.32 Å². The lowest BCUT2D eigenvalue weighted by Gasteiger charge is -2.41. The lowest BCUT2D eigenvalue weighted by atomic mass is 9.66. The van der Waals surface area contributed by atoms with Crippen LogP contribution in [0.25, 0.3) is 0 Å². The highest BCUT2D eigenvalue weighted by molar-refractivity contribution is 6.01. The van der Waals surface area contributed by atoms with Crippen LogP contribution in [0.3, 0.4) is 0 Å². The molecule has 3 aliphatic rings. The first-order chi connectivity index (χ1) is 15.2. The fraction of sp³-hybridized carbons (Fsp3) is 0.833. The molecule has 8 nitrogen and oxygen atoms in total. The maximum absolute atomic E-state index is 13.4. The van der Waals surface area contributed by atoms with Gasteiger partial charge in [-0.1, -0.05) is 64.2 Å². The molecule has 0 spiro atoms. The fourth-order valence-corrected chi connectivity index (χ4v) is 5.52. The number of imide groups is 1. The van der Waals surface area contributed by atoms with Crippen LogP contribution in [-0.2, 0) is 24.0 Å². The van der Waals surface area contributed by atoms with Crippen molar-refractivity contribution in [3.05, 3.63) is 0 Å². The van der Waals surface area contributed by atoms with Gasteiger partial charge in [0.1, 0.15) is 11.6 Å². The molecule has 32 heavy (non-hydrogen) atoms. The minimum absolute atomic E-state index is 0.0327. The number of alkyl carbamates (subject to hydrolysis) is 1. The summed E-state index contributed by atoms with van der Waals surface area (Å²) in [5.74, 6) is -1.34. The normalized spacial score (nSPS) is 22.2. The summed E-state index contributed by atoms with van der Waals surface area (Å²) in [4.78, 5) is 55.5. The van der Waals surface area contributed by atoms with Crippen molar-refractivity contribution in [2.75, 3.05) is 0 Å². The molecule has 0 aromatic heterocycles. The van der Waals surface area contributed by atoms with Crippen LogP contribution < -0.4 is 5.32 Å². The Hall–Kier alpha value is -2.12. The van der Waals surface area contributed by atoms with Crippen LogP contribution in [0, 0.1) is 17.8 Å². The Balaban J connectivity index is 1.87. The SMILES string of the molecule is CC(C)(C)OC(=O)N[C@H](C(=O)ON1C(=O)CCC1=O)C(C1CCCCC1)C1CCCCC1. The van der Waals surface area contributed by atoms with Gasteiger partial charge in [0.05, 0.1) is 0 Å². The van der Waals surface area contributed by atoms with Gasteiger partial charge in [-0.15, -0.1) is 5.06 Å². The van der Waals surface area contributed by atoms with E-state index in [9.17, 15) is 19.2 Å². The quantitative estimate of drug-likeness (QED) is 0.607. The van der Waals surface area contributed by atoms with E-state index in [1.165, 1.54) is 12.8 Å². The van der Waals surface area contributed by atoms with Gasteiger partial charge in [-0.05, 0) is 38.5 Å². The fourth-order valence-electron chi connectivity index (χ4n) is 5.52. The van der Waals surface area contributed by atoms with Gasteiger partial charge in [-0.3, -0.25) is 9.59 Å². The summed E-state index contributed by atoms with van der Waals surface area (Å²) in [5, 5.41) is 3.36. The summed E-state index contributed by atoms with van der Waals surface area (Å²) < 4.78 is 5.45. The molecule has 0 radical (unpaired) electrons. The predicted octanol–water partition coefficient (Wildman–Crippen LogP) is 4.26. The summed E-state index contributed by atoms with van der Waals surface area (Å²) in [5.41, 5.74) is -0.718. The van der Waals surface area contributed by atoms with E-state index < -0.39 is 35.5 Å². The zero-order valence-corrected chi connectivity index (χ0v) is 19.7. The summed E-state index contributed by atoms with van der Waals surface area (Å²) in [7, 11) is 0. The molecule has 0 aromatic rings. The number of nitrogens with zero attached hydrogens (tertiary/aromatic N) is 1. The molecule has 180 valence electrons. The number of ether oxygens (including phenoxy) is 1. The largest absolute Gasteiger partial charge is 0.444 e. The van der Waals surface area contributed by atoms with Crippen LogP contribution in [0.2, 0.25) is 0 Å². The van der Waals surface area contributed by atoms with Crippen LogP contribution in [0.5, 0.6) is 0 Å². The first-order valence-electron chi connectivity index (χ1n) is 12.2. The molecule has 0 bridgehead atoms. The second-order valence-electron chi connectivity index (χ2n) is 10.5. The highest BCUT2D eigenvalue weighted by Gasteiger charge is 2.44. The topological polar surface area (TPSA) is 102 Å². The Morgan fingerprint density at radius 1 is 0.875 bits per heavy atom. The number of carbonyl (C=O) groups excluding carboxylic acids is 4. The molecule has 1 atom stereocenters. The molecule has 1 N–H and O–H groups in total. The number of carbonyl (C=O) groups is 4. The highest BCUT2D eigenvalue weighted by atomic mass is 16.7. The predicted molar refractivity (Wildman–Crippen MR) is 117 cm³/mol. The third kappa shape index (κ3) is 6.45. The molecule has 0 unspecified atom stereocenters. The van der Waals surface area contributed by atoms with Gasteiger partial charge >= 0.3 is 12.1 Å². The molecule has 1 saturated heterocycles.